The molecule has 0 saturated carbocycles. The number of hydrogen-bond acceptors (Lipinski definition) is 3. The van der Waals surface area contributed by atoms with Gasteiger partial charge in [-0.15, -0.1) is 0 Å². The topological polar surface area (TPSA) is 42.2 Å². The Bertz CT molecular complexity index is 1160. The van der Waals surface area contributed by atoms with Crippen molar-refractivity contribution in [2.45, 2.75) is 13.5 Å². The Balaban J connectivity index is 1.72. The minimum Gasteiger partial charge on any atom is -0.450 e. The fourth-order valence-electron chi connectivity index (χ4n) is 3.07. The standard InChI is InChI=1S/C23H17Cl2NO2/c1-14-6-8-15(9-7-14)22(27)23-21(18-4-2-3-5-20(18)28-23)26-13-16-10-11-17(24)12-19(16)25/h2-12,26H,13H2,1H3. The minimum absolute atomic E-state index is 0.166. The molecule has 0 aliphatic heterocycles. The van der Waals surface area contributed by atoms with Crippen molar-refractivity contribution in [3.63, 3.8) is 0 Å². The molecule has 1 heterocycles. The Morgan fingerprint density at radius 2 is 1.75 bits per heavy atom. The molecule has 0 saturated heterocycles. The number of hydrogen-bond donors (Lipinski definition) is 1. The summed E-state index contributed by atoms with van der Waals surface area (Å²) in [5.74, 6) is 0.121. The zero-order chi connectivity index (χ0) is 19.7. The van der Waals surface area contributed by atoms with Gasteiger partial charge in [-0.1, -0.05) is 71.2 Å². The third kappa shape index (κ3) is 3.64. The summed E-state index contributed by atoms with van der Waals surface area (Å²) in [4.78, 5) is 13.1. The highest BCUT2D eigenvalue weighted by Gasteiger charge is 2.22. The van der Waals surface area contributed by atoms with Crippen LogP contribution in [0.4, 0.5) is 5.69 Å². The van der Waals surface area contributed by atoms with Crippen molar-refractivity contribution in [1.82, 2.24) is 0 Å². The number of aryl methyl sites for hydroxylation is 1. The van der Waals surface area contributed by atoms with Crippen LogP contribution in [-0.2, 0) is 6.54 Å². The maximum Gasteiger partial charge on any atom is 0.230 e. The second kappa shape index (κ2) is 7.70. The van der Waals surface area contributed by atoms with Crippen LogP contribution in [0.25, 0.3) is 11.0 Å². The van der Waals surface area contributed by atoms with Gasteiger partial charge in [0.15, 0.2) is 5.76 Å². The van der Waals surface area contributed by atoms with Crippen molar-refractivity contribution in [2.75, 3.05) is 5.32 Å². The average Bonchev–Trinajstić information content (AvgIpc) is 3.06. The van der Waals surface area contributed by atoms with Crippen LogP contribution < -0.4 is 5.32 Å². The van der Waals surface area contributed by atoms with E-state index in [0.717, 1.165) is 16.5 Å². The molecule has 140 valence electrons. The second-order valence-corrected chi connectivity index (χ2v) is 7.43. The van der Waals surface area contributed by atoms with Crippen LogP contribution in [0.15, 0.2) is 71.1 Å². The highest BCUT2D eigenvalue weighted by molar-refractivity contribution is 6.35. The molecule has 0 fully saturated rings. The number of carbonyl (C=O) groups is 1. The number of benzene rings is 3. The predicted molar refractivity (Wildman–Crippen MR) is 115 cm³/mol. The van der Waals surface area contributed by atoms with Crippen molar-refractivity contribution in [1.29, 1.82) is 0 Å². The molecule has 0 atom stereocenters. The molecule has 3 aromatic carbocycles. The van der Waals surface area contributed by atoms with Crippen LogP contribution in [-0.4, -0.2) is 5.78 Å². The lowest BCUT2D eigenvalue weighted by molar-refractivity contribution is 0.101. The summed E-state index contributed by atoms with van der Waals surface area (Å²) in [5, 5.41) is 5.33. The number of para-hydroxylation sites is 1. The summed E-state index contributed by atoms with van der Waals surface area (Å²) in [6, 6.07) is 20.4. The fraction of sp³-hybridized carbons (Fsp3) is 0.0870. The molecule has 1 aromatic heterocycles. The molecule has 0 spiro atoms. The summed E-state index contributed by atoms with van der Waals surface area (Å²) in [7, 11) is 0. The Morgan fingerprint density at radius 3 is 2.50 bits per heavy atom. The summed E-state index contributed by atoms with van der Waals surface area (Å²) >= 11 is 12.3. The molecule has 0 radical (unpaired) electrons. The maximum atomic E-state index is 13.1. The molecule has 0 aliphatic rings. The van der Waals surface area contributed by atoms with Gasteiger partial charge in [-0.3, -0.25) is 4.79 Å². The van der Waals surface area contributed by atoms with Crippen molar-refractivity contribution in [3.05, 3.63) is 99.2 Å². The van der Waals surface area contributed by atoms with E-state index < -0.39 is 0 Å². The van der Waals surface area contributed by atoms with Crippen molar-refractivity contribution < 1.29 is 9.21 Å². The lowest BCUT2D eigenvalue weighted by atomic mass is 10.1. The van der Waals surface area contributed by atoms with Crippen molar-refractivity contribution >= 4 is 45.6 Å². The normalized spacial score (nSPS) is 11.0. The lowest BCUT2D eigenvalue weighted by Gasteiger charge is -2.09. The first-order chi connectivity index (χ1) is 13.5. The smallest absolute Gasteiger partial charge is 0.230 e. The highest BCUT2D eigenvalue weighted by Crippen LogP contribution is 2.33. The van der Waals surface area contributed by atoms with E-state index in [0.29, 0.717) is 33.4 Å². The van der Waals surface area contributed by atoms with Crippen molar-refractivity contribution in [2.24, 2.45) is 0 Å². The van der Waals surface area contributed by atoms with Crippen LogP contribution >= 0.6 is 23.2 Å². The molecule has 4 rings (SSSR count). The molecule has 0 bridgehead atoms. The summed E-state index contributed by atoms with van der Waals surface area (Å²) in [6.07, 6.45) is 0. The number of furan rings is 1. The quantitative estimate of drug-likeness (QED) is 0.364. The van der Waals surface area contributed by atoms with Gasteiger partial charge in [0.05, 0.1) is 5.69 Å². The second-order valence-electron chi connectivity index (χ2n) is 6.59. The van der Waals surface area contributed by atoms with E-state index in [9.17, 15) is 4.79 Å². The average molecular weight is 410 g/mol. The molecule has 1 N–H and O–H groups in total. The first-order valence-electron chi connectivity index (χ1n) is 8.83. The minimum atomic E-state index is -0.166. The van der Waals surface area contributed by atoms with E-state index in [4.69, 9.17) is 27.6 Å². The van der Waals surface area contributed by atoms with Crippen molar-refractivity contribution in [3.8, 4) is 0 Å². The van der Waals surface area contributed by atoms with Gasteiger partial charge in [-0.05, 0) is 36.8 Å². The Labute approximate surface area is 172 Å². The first-order valence-corrected chi connectivity index (χ1v) is 9.59. The Morgan fingerprint density at radius 1 is 1.00 bits per heavy atom. The fourth-order valence-corrected chi connectivity index (χ4v) is 3.54. The molecular formula is C23H17Cl2NO2. The molecular weight excluding hydrogens is 393 g/mol. The third-order valence-corrected chi connectivity index (χ3v) is 5.17. The molecule has 3 nitrogen and oxygen atoms in total. The van der Waals surface area contributed by atoms with Gasteiger partial charge in [0.1, 0.15) is 5.58 Å². The number of carbonyl (C=O) groups excluding carboxylic acids is 1. The molecule has 0 unspecified atom stereocenters. The lowest BCUT2D eigenvalue weighted by Crippen LogP contribution is -2.06. The number of ketones is 1. The largest absolute Gasteiger partial charge is 0.450 e. The van der Waals surface area contributed by atoms with Crippen LogP contribution in [0.2, 0.25) is 10.0 Å². The first kappa shape index (κ1) is 18.6. The zero-order valence-corrected chi connectivity index (χ0v) is 16.6. The number of nitrogens with one attached hydrogen (secondary N) is 1. The molecule has 28 heavy (non-hydrogen) atoms. The van der Waals surface area contributed by atoms with Gasteiger partial charge < -0.3 is 9.73 Å². The number of fused-ring (bicyclic) bond motifs is 1. The van der Waals surface area contributed by atoms with E-state index in [2.05, 4.69) is 5.32 Å². The van der Waals surface area contributed by atoms with Gasteiger partial charge in [-0.25, -0.2) is 0 Å². The van der Waals surface area contributed by atoms with Crippen LogP contribution in [0, 0.1) is 6.92 Å². The predicted octanol–water partition coefficient (Wildman–Crippen LogP) is 6.89. The Kier molecular flexibility index (Phi) is 5.12. The third-order valence-electron chi connectivity index (χ3n) is 4.59. The van der Waals surface area contributed by atoms with E-state index in [1.807, 2.05) is 61.5 Å². The monoisotopic (exact) mass is 409 g/mol. The van der Waals surface area contributed by atoms with Gasteiger partial charge in [0.25, 0.3) is 0 Å². The van der Waals surface area contributed by atoms with Gasteiger partial charge in [0, 0.05) is 27.5 Å². The van der Waals surface area contributed by atoms with Gasteiger partial charge in [0.2, 0.25) is 5.78 Å². The SMILES string of the molecule is Cc1ccc(C(=O)c2oc3ccccc3c2NCc2ccc(Cl)cc2Cl)cc1. The summed E-state index contributed by atoms with van der Waals surface area (Å²) in [6.45, 7) is 2.42. The number of rotatable bonds is 5. The van der Waals surface area contributed by atoms with Crippen LogP contribution in [0.3, 0.4) is 0 Å². The van der Waals surface area contributed by atoms with Crippen LogP contribution in [0.5, 0.6) is 0 Å². The zero-order valence-electron chi connectivity index (χ0n) is 15.1. The van der Waals surface area contributed by atoms with E-state index in [-0.39, 0.29) is 11.5 Å². The van der Waals surface area contributed by atoms with E-state index in [1.54, 1.807) is 12.1 Å². The van der Waals surface area contributed by atoms with Crippen LogP contribution in [0.1, 0.15) is 27.2 Å². The Hall–Kier alpha value is -2.75. The number of anilines is 1. The summed E-state index contributed by atoms with van der Waals surface area (Å²) < 4.78 is 5.92. The number of halogens is 2. The molecule has 5 heteroatoms. The van der Waals surface area contributed by atoms with E-state index in [1.165, 1.54) is 0 Å². The molecule has 4 aromatic rings. The molecule has 0 aliphatic carbocycles. The maximum absolute atomic E-state index is 13.1. The van der Waals surface area contributed by atoms with E-state index >= 15 is 0 Å². The van der Waals surface area contributed by atoms with Gasteiger partial charge in [-0.2, -0.15) is 0 Å². The van der Waals surface area contributed by atoms with Gasteiger partial charge >= 0.3 is 0 Å². The summed E-state index contributed by atoms with van der Waals surface area (Å²) in [5.41, 5.74) is 3.87. The molecule has 0 amide bonds. The highest BCUT2D eigenvalue weighted by atomic mass is 35.5.